The first-order valence-electron chi connectivity index (χ1n) is 12.5. The van der Waals surface area contributed by atoms with Crippen molar-refractivity contribution in [1.29, 1.82) is 0 Å². The molecule has 0 aliphatic rings. The number of methoxy groups -OCH3 is 1. The average Bonchev–Trinajstić information content (AvgIpc) is 2.80. The standard InChI is InChI=1S/C29H42O3Si/c1-7-8-9-10-11-12-13-18-27(21-22-33(4,5)6)32-28(30)29(2,31-3)26-20-19-24-16-14-15-17-25(24)23-26/h14-17,19-20,23,27H,7-13,18H2,1-6H3/t27-,29+/m1/s1. The van der Waals surface area contributed by atoms with E-state index in [1.807, 2.05) is 36.4 Å². The van der Waals surface area contributed by atoms with Gasteiger partial charge < -0.3 is 9.47 Å². The Hall–Kier alpha value is -2.09. The van der Waals surface area contributed by atoms with Gasteiger partial charge in [0.1, 0.15) is 8.07 Å². The number of hydrogen-bond acceptors (Lipinski definition) is 3. The molecule has 0 unspecified atom stereocenters. The zero-order valence-electron chi connectivity index (χ0n) is 21.5. The normalized spacial score (nSPS) is 14.2. The molecule has 0 radical (unpaired) electrons. The molecule has 2 rings (SSSR count). The molecule has 4 heteroatoms. The van der Waals surface area contributed by atoms with E-state index >= 15 is 0 Å². The van der Waals surface area contributed by atoms with Gasteiger partial charge in [0.2, 0.25) is 0 Å². The SMILES string of the molecule is CCCCCCCCC[C@H](C#C[Si](C)(C)C)OC(=O)[C@@](C)(OC)c1ccc2ccccc2c1. The van der Waals surface area contributed by atoms with Crippen LogP contribution in [0.3, 0.4) is 0 Å². The maximum absolute atomic E-state index is 13.4. The highest BCUT2D eigenvalue weighted by molar-refractivity contribution is 6.83. The molecule has 0 aromatic heterocycles. The Morgan fingerprint density at radius 3 is 2.24 bits per heavy atom. The van der Waals surface area contributed by atoms with Crippen LogP contribution in [0.4, 0.5) is 0 Å². The number of benzene rings is 2. The van der Waals surface area contributed by atoms with Gasteiger partial charge in [-0.3, -0.25) is 0 Å². The average molecular weight is 467 g/mol. The molecule has 0 N–H and O–H groups in total. The lowest BCUT2D eigenvalue weighted by atomic mass is 9.93. The molecule has 0 bridgehead atoms. The molecule has 0 aliphatic heterocycles. The van der Waals surface area contributed by atoms with Crippen LogP contribution in [-0.2, 0) is 19.9 Å². The second-order valence-electron chi connectivity index (χ2n) is 10.1. The van der Waals surface area contributed by atoms with E-state index in [2.05, 4.69) is 44.1 Å². The summed E-state index contributed by atoms with van der Waals surface area (Å²) in [5, 5.41) is 2.20. The number of hydrogen-bond donors (Lipinski definition) is 0. The first-order valence-corrected chi connectivity index (χ1v) is 16.0. The first-order chi connectivity index (χ1) is 15.7. The molecule has 0 heterocycles. The Kier molecular flexibility index (Phi) is 10.7. The van der Waals surface area contributed by atoms with Crippen LogP contribution in [0.1, 0.15) is 70.8 Å². The third-order valence-corrected chi connectivity index (χ3v) is 6.92. The molecule has 0 amide bonds. The number of fused-ring (bicyclic) bond motifs is 1. The third-order valence-electron chi connectivity index (χ3n) is 6.03. The Balaban J connectivity index is 2.12. The molecule has 33 heavy (non-hydrogen) atoms. The summed E-state index contributed by atoms with van der Waals surface area (Å²) in [5.41, 5.74) is 3.02. The summed E-state index contributed by atoms with van der Waals surface area (Å²) in [4.78, 5) is 13.4. The fraction of sp³-hybridized carbons (Fsp3) is 0.552. The van der Waals surface area contributed by atoms with E-state index in [9.17, 15) is 4.79 Å². The maximum atomic E-state index is 13.4. The van der Waals surface area contributed by atoms with Crippen molar-refractivity contribution in [1.82, 2.24) is 0 Å². The molecule has 0 aliphatic carbocycles. The Bertz CT molecular complexity index is 950. The highest BCUT2D eigenvalue weighted by Gasteiger charge is 2.38. The summed E-state index contributed by atoms with van der Waals surface area (Å²) < 4.78 is 11.7. The van der Waals surface area contributed by atoms with Gasteiger partial charge in [0.25, 0.3) is 0 Å². The van der Waals surface area contributed by atoms with Crippen molar-refractivity contribution < 1.29 is 14.3 Å². The summed E-state index contributed by atoms with van der Waals surface area (Å²) >= 11 is 0. The van der Waals surface area contributed by atoms with E-state index in [-0.39, 0.29) is 5.97 Å². The predicted molar refractivity (Wildman–Crippen MR) is 142 cm³/mol. The summed E-state index contributed by atoms with van der Waals surface area (Å²) in [7, 11) is -0.00777. The second-order valence-corrected chi connectivity index (χ2v) is 14.9. The lowest BCUT2D eigenvalue weighted by Gasteiger charge is -2.28. The van der Waals surface area contributed by atoms with Crippen molar-refractivity contribution in [3.8, 4) is 11.5 Å². The Labute approximate surface area is 202 Å². The first kappa shape index (κ1) is 27.2. The molecule has 0 fully saturated rings. The zero-order valence-corrected chi connectivity index (χ0v) is 22.5. The van der Waals surface area contributed by atoms with Crippen molar-refractivity contribution in [2.24, 2.45) is 0 Å². The van der Waals surface area contributed by atoms with E-state index in [1.165, 1.54) is 32.1 Å². The molecule has 0 spiro atoms. The molecule has 180 valence electrons. The lowest BCUT2D eigenvalue weighted by molar-refractivity contribution is -0.171. The number of carbonyl (C=O) groups excluding carboxylic acids is 1. The van der Waals surface area contributed by atoms with Crippen molar-refractivity contribution in [3.63, 3.8) is 0 Å². The maximum Gasteiger partial charge on any atom is 0.344 e. The quantitative estimate of drug-likeness (QED) is 0.140. The number of carbonyl (C=O) groups is 1. The van der Waals surface area contributed by atoms with E-state index in [0.717, 1.165) is 35.6 Å². The summed E-state index contributed by atoms with van der Waals surface area (Å²) in [6.07, 6.45) is 8.94. The van der Waals surface area contributed by atoms with Crippen molar-refractivity contribution in [2.45, 2.75) is 96.6 Å². The molecule has 2 aromatic carbocycles. The van der Waals surface area contributed by atoms with Gasteiger partial charge in [0.05, 0.1) is 0 Å². The Morgan fingerprint density at radius 2 is 1.61 bits per heavy atom. The van der Waals surface area contributed by atoms with Crippen molar-refractivity contribution in [2.75, 3.05) is 7.11 Å². The van der Waals surface area contributed by atoms with Crippen LogP contribution in [0, 0.1) is 11.5 Å². The van der Waals surface area contributed by atoms with Gasteiger partial charge in [-0.2, -0.15) is 0 Å². The second kappa shape index (κ2) is 13.0. The monoisotopic (exact) mass is 466 g/mol. The third kappa shape index (κ3) is 8.64. The van der Waals surface area contributed by atoms with Gasteiger partial charge in [-0.15, -0.1) is 5.54 Å². The van der Waals surface area contributed by atoms with Crippen molar-refractivity contribution in [3.05, 3.63) is 48.0 Å². The van der Waals surface area contributed by atoms with Crippen LogP contribution in [0.25, 0.3) is 10.8 Å². The van der Waals surface area contributed by atoms with Gasteiger partial charge in [-0.1, -0.05) is 107 Å². The van der Waals surface area contributed by atoms with Gasteiger partial charge in [0.15, 0.2) is 11.7 Å². The molecule has 0 saturated carbocycles. The van der Waals surface area contributed by atoms with Crippen LogP contribution in [0.5, 0.6) is 0 Å². The molecule has 2 aromatic rings. The minimum atomic E-state index is -1.57. The van der Waals surface area contributed by atoms with Gasteiger partial charge >= 0.3 is 5.97 Å². The smallest absolute Gasteiger partial charge is 0.344 e. The minimum absolute atomic E-state index is 0.377. The number of unbranched alkanes of at least 4 members (excludes halogenated alkanes) is 6. The largest absolute Gasteiger partial charge is 0.447 e. The van der Waals surface area contributed by atoms with Crippen LogP contribution in [0.2, 0.25) is 19.6 Å². The fourth-order valence-electron chi connectivity index (χ4n) is 3.79. The van der Waals surface area contributed by atoms with Crippen LogP contribution < -0.4 is 0 Å². The topological polar surface area (TPSA) is 35.5 Å². The Morgan fingerprint density at radius 1 is 0.970 bits per heavy atom. The molecule has 3 nitrogen and oxygen atoms in total. The van der Waals surface area contributed by atoms with Crippen LogP contribution in [0.15, 0.2) is 42.5 Å². The van der Waals surface area contributed by atoms with Gasteiger partial charge in [0, 0.05) is 7.11 Å². The number of esters is 1. The summed E-state index contributed by atoms with van der Waals surface area (Å²) in [5.74, 6) is 2.92. The van der Waals surface area contributed by atoms with E-state index in [1.54, 1.807) is 14.0 Å². The van der Waals surface area contributed by atoms with Crippen molar-refractivity contribution >= 4 is 24.8 Å². The number of ether oxygens (including phenoxy) is 2. The molecule has 0 saturated heterocycles. The van der Waals surface area contributed by atoms with E-state index in [4.69, 9.17) is 9.47 Å². The predicted octanol–water partition coefficient (Wildman–Crippen LogP) is 7.63. The molecular formula is C29H42O3Si. The fourth-order valence-corrected chi connectivity index (χ4v) is 4.39. The lowest BCUT2D eigenvalue weighted by Crippen LogP contribution is -2.38. The van der Waals surface area contributed by atoms with Gasteiger partial charge in [-0.25, -0.2) is 4.79 Å². The van der Waals surface area contributed by atoms with E-state index in [0.29, 0.717) is 0 Å². The van der Waals surface area contributed by atoms with Gasteiger partial charge in [-0.05, 0) is 42.2 Å². The highest BCUT2D eigenvalue weighted by Crippen LogP contribution is 2.30. The minimum Gasteiger partial charge on any atom is -0.447 e. The zero-order chi connectivity index (χ0) is 24.3. The highest BCUT2D eigenvalue weighted by atomic mass is 28.3. The van der Waals surface area contributed by atoms with Crippen LogP contribution >= 0.6 is 0 Å². The summed E-state index contributed by atoms with van der Waals surface area (Å²) in [6.45, 7) is 10.7. The summed E-state index contributed by atoms with van der Waals surface area (Å²) in [6, 6.07) is 14.1. The number of rotatable bonds is 12. The van der Waals surface area contributed by atoms with E-state index < -0.39 is 19.8 Å². The molecule has 2 atom stereocenters. The molecular weight excluding hydrogens is 424 g/mol. The van der Waals surface area contributed by atoms with Crippen LogP contribution in [-0.4, -0.2) is 27.3 Å².